The van der Waals surface area contributed by atoms with E-state index in [4.69, 9.17) is 4.74 Å². The first-order valence-corrected chi connectivity index (χ1v) is 7.76. The average molecular weight is 309 g/mol. The van der Waals surface area contributed by atoms with Crippen molar-refractivity contribution < 1.29 is 14.3 Å². The van der Waals surface area contributed by atoms with Gasteiger partial charge in [-0.2, -0.15) is 0 Å². The molecule has 0 spiro atoms. The lowest BCUT2D eigenvalue weighted by Gasteiger charge is -2.18. The summed E-state index contributed by atoms with van der Waals surface area (Å²) in [7, 11) is 0. The summed E-state index contributed by atoms with van der Waals surface area (Å²) in [6.07, 6.45) is 0.769. The Hall–Kier alpha value is -2.62. The maximum absolute atomic E-state index is 12.6. The molecule has 3 rings (SSSR count). The third-order valence-corrected chi connectivity index (χ3v) is 3.80. The highest BCUT2D eigenvalue weighted by Gasteiger charge is 2.35. The number of esters is 1. The lowest BCUT2D eigenvalue weighted by Crippen LogP contribution is -2.26. The molecule has 2 aromatic carbocycles. The van der Waals surface area contributed by atoms with Crippen LogP contribution in [0.4, 0.5) is 5.69 Å². The molecule has 1 aliphatic rings. The molecule has 1 saturated carbocycles. The lowest BCUT2D eigenvalue weighted by molar-refractivity contribution is -0.156. The predicted octanol–water partition coefficient (Wildman–Crippen LogP) is 3.63. The van der Waals surface area contributed by atoms with Crippen LogP contribution in [0.15, 0.2) is 54.6 Å². The third-order valence-electron chi connectivity index (χ3n) is 3.80. The molecule has 1 amide bonds. The maximum atomic E-state index is 12.6. The van der Waals surface area contributed by atoms with Crippen LogP contribution in [0.2, 0.25) is 0 Å². The number of benzene rings is 2. The molecule has 0 bridgehead atoms. The zero-order valence-corrected chi connectivity index (χ0v) is 13.0. The van der Waals surface area contributed by atoms with Crippen LogP contribution >= 0.6 is 0 Å². The van der Waals surface area contributed by atoms with E-state index >= 15 is 0 Å². The quantitative estimate of drug-likeness (QED) is 0.858. The van der Waals surface area contributed by atoms with Crippen molar-refractivity contribution in [2.75, 3.05) is 5.32 Å². The highest BCUT2D eigenvalue weighted by atomic mass is 16.5. The summed E-state index contributed by atoms with van der Waals surface area (Å²) in [5.41, 5.74) is 2.47. The fourth-order valence-electron chi connectivity index (χ4n) is 2.28. The van der Waals surface area contributed by atoms with Crippen LogP contribution in [0.5, 0.6) is 0 Å². The first-order valence-electron chi connectivity index (χ1n) is 7.76. The predicted molar refractivity (Wildman–Crippen MR) is 87.8 cm³/mol. The molecule has 0 radical (unpaired) electrons. The van der Waals surface area contributed by atoms with Gasteiger partial charge in [0.05, 0.1) is 5.92 Å². The molecule has 4 heteroatoms. The van der Waals surface area contributed by atoms with E-state index in [1.807, 2.05) is 49.4 Å². The zero-order valence-electron chi connectivity index (χ0n) is 13.0. The number of hydrogen-bond donors (Lipinski definition) is 1. The molecule has 2 aromatic rings. The summed E-state index contributed by atoms with van der Waals surface area (Å²) in [4.78, 5) is 24.6. The second kappa shape index (κ2) is 6.65. The van der Waals surface area contributed by atoms with Crippen molar-refractivity contribution in [2.24, 2.45) is 5.92 Å². The summed E-state index contributed by atoms with van der Waals surface area (Å²) in [5.74, 6) is -0.680. The van der Waals surface area contributed by atoms with E-state index in [1.165, 1.54) is 0 Å². The Morgan fingerprint density at radius 3 is 2.30 bits per heavy atom. The van der Waals surface area contributed by atoms with Gasteiger partial charge in [-0.05, 0) is 31.9 Å². The number of ether oxygens (including phenoxy) is 1. The van der Waals surface area contributed by atoms with E-state index in [0.717, 1.165) is 18.4 Å². The number of rotatable bonds is 5. The van der Waals surface area contributed by atoms with E-state index in [2.05, 4.69) is 5.32 Å². The van der Waals surface area contributed by atoms with Gasteiger partial charge < -0.3 is 10.1 Å². The van der Waals surface area contributed by atoms with E-state index in [9.17, 15) is 9.59 Å². The van der Waals surface area contributed by atoms with Gasteiger partial charge >= 0.3 is 5.97 Å². The zero-order chi connectivity index (χ0) is 16.2. The second-order valence-corrected chi connectivity index (χ2v) is 5.86. The van der Waals surface area contributed by atoms with Crippen molar-refractivity contribution in [3.05, 3.63) is 65.7 Å². The maximum Gasteiger partial charge on any atom is 0.310 e. The van der Waals surface area contributed by atoms with Gasteiger partial charge in [0.25, 0.3) is 5.91 Å². The number of hydrogen-bond acceptors (Lipinski definition) is 3. The highest BCUT2D eigenvalue weighted by Crippen LogP contribution is 2.32. The van der Waals surface area contributed by atoms with Crippen LogP contribution in [0, 0.1) is 12.8 Å². The summed E-state index contributed by atoms with van der Waals surface area (Å²) >= 11 is 0. The number of amides is 1. The first kappa shape index (κ1) is 15.3. The number of nitrogens with one attached hydrogen (secondary N) is 1. The fourth-order valence-corrected chi connectivity index (χ4v) is 2.28. The number of aryl methyl sites for hydroxylation is 1. The second-order valence-electron chi connectivity index (χ2n) is 5.86. The molecule has 0 saturated heterocycles. The Labute approximate surface area is 135 Å². The molecule has 1 aliphatic carbocycles. The van der Waals surface area contributed by atoms with Gasteiger partial charge in [-0.3, -0.25) is 9.59 Å². The molecule has 23 heavy (non-hydrogen) atoms. The van der Waals surface area contributed by atoms with Crippen molar-refractivity contribution in [1.82, 2.24) is 0 Å². The Morgan fingerprint density at radius 1 is 1.04 bits per heavy atom. The van der Waals surface area contributed by atoms with Gasteiger partial charge in [0.15, 0.2) is 0 Å². The van der Waals surface area contributed by atoms with Gasteiger partial charge in [-0.1, -0.05) is 48.0 Å². The highest BCUT2D eigenvalue weighted by molar-refractivity contribution is 5.96. The Kier molecular flexibility index (Phi) is 4.42. The molecule has 0 unspecified atom stereocenters. The summed E-state index contributed by atoms with van der Waals surface area (Å²) in [5, 5.41) is 2.82. The smallest absolute Gasteiger partial charge is 0.310 e. The summed E-state index contributed by atoms with van der Waals surface area (Å²) < 4.78 is 5.47. The van der Waals surface area contributed by atoms with Gasteiger partial charge in [-0.15, -0.1) is 0 Å². The molecule has 0 aromatic heterocycles. The van der Waals surface area contributed by atoms with Gasteiger partial charge in [0, 0.05) is 11.3 Å². The van der Waals surface area contributed by atoms with Crippen molar-refractivity contribution >= 4 is 17.6 Å². The van der Waals surface area contributed by atoms with Crippen LogP contribution in [0.1, 0.15) is 30.1 Å². The van der Waals surface area contributed by atoms with Gasteiger partial charge in [0.1, 0.15) is 0 Å². The Bertz CT molecular complexity index is 690. The van der Waals surface area contributed by atoms with Crippen LogP contribution in [-0.4, -0.2) is 11.9 Å². The number of carbonyl (C=O) groups is 2. The van der Waals surface area contributed by atoms with E-state index in [0.29, 0.717) is 11.3 Å². The van der Waals surface area contributed by atoms with Crippen LogP contribution in [0.3, 0.4) is 0 Å². The van der Waals surface area contributed by atoms with Gasteiger partial charge in [0.2, 0.25) is 6.10 Å². The topological polar surface area (TPSA) is 55.4 Å². The van der Waals surface area contributed by atoms with E-state index in [-0.39, 0.29) is 17.8 Å². The molecule has 1 atom stereocenters. The third kappa shape index (κ3) is 3.97. The molecule has 0 aliphatic heterocycles. The van der Waals surface area contributed by atoms with Gasteiger partial charge in [-0.25, -0.2) is 0 Å². The minimum atomic E-state index is -0.925. The monoisotopic (exact) mass is 309 g/mol. The van der Waals surface area contributed by atoms with Crippen molar-refractivity contribution in [1.29, 1.82) is 0 Å². The molecule has 4 nitrogen and oxygen atoms in total. The molecular formula is C19H19NO3. The van der Waals surface area contributed by atoms with Crippen LogP contribution in [0.25, 0.3) is 0 Å². The molecule has 118 valence electrons. The fraction of sp³-hybridized carbons (Fsp3) is 0.263. The number of carbonyl (C=O) groups excluding carboxylic acids is 2. The first-order chi connectivity index (χ1) is 11.1. The molecular weight excluding hydrogens is 290 g/mol. The SMILES string of the molecule is Cc1ccc(NC(=O)[C@H](OC(=O)C2CC2)c2ccccc2)cc1. The minimum Gasteiger partial charge on any atom is -0.447 e. The van der Waals surface area contributed by atoms with Crippen molar-refractivity contribution in [3.8, 4) is 0 Å². The number of anilines is 1. The van der Waals surface area contributed by atoms with Crippen LogP contribution in [-0.2, 0) is 14.3 Å². The minimum absolute atomic E-state index is 0.0478. The average Bonchev–Trinajstić information content (AvgIpc) is 3.40. The van der Waals surface area contributed by atoms with E-state index < -0.39 is 6.10 Å². The van der Waals surface area contributed by atoms with Crippen LogP contribution < -0.4 is 5.32 Å². The summed E-state index contributed by atoms with van der Waals surface area (Å²) in [6.45, 7) is 1.98. The van der Waals surface area contributed by atoms with Crippen molar-refractivity contribution in [2.45, 2.75) is 25.9 Å². The Morgan fingerprint density at radius 2 is 1.70 bits per heavy atom. The largest absolute Gasteiger partial charge is 0.447 e. The molecule has 1 fully saturated rings. The summed E-state index contributed by atoms with van der Waals surface area (Å²) in [6, 6.07) is 16.6. The molecule has 0 heterocycles. The van der Waals surface area contributed by atoms with E-state index in [1.54, 1.807) is 12.1 Å². The lowest BCUT2D eigenvalue weighted by atomic mass is 10.1. The normalized spacial score (nSPS) is 14.8. The standard InChI is InChI=1S/C19H19NO3/c1-13-7-11-16(12-8-13)20-18(21)17(14-5-3-2-4-6-14)23-19(22)15-9-10-15/h2-8,11-12,15,17H,9-10H2,1H3,(H,20,21)/t17-/m1/s1. The Balaban J connectivity index is 1.77. The van der Waals surface area contributed by atoms with Crippen molar-refractivity contribution in [3.63, 3.8) is 0 Å². The molecule has 1 N–H and O–H groups in total.